The number of hydrogen-bond acceptors (Lipinski definition) is 14. The number of anilines is 6. The van der Waals surface area contributed by atoms with E-state index in [0.29, 0.717) is 66.8 Å². The van der Waals surface area contributed by atoms with Crippen LogP contribution in [0.5, 0.6) is 0 Å². The van der Waals surface area contributed by atoms with E-state index in [2.05, 4.69) is 55.9 Å². The third-order valence-corrected chi connectivity index (χ3v) is 8.40. The number of imidazole rings is 2. The van der Waals surface area contributed by atoms with Gasteiger partial charge in [0.25, 0.3) is 10.1 Å². The van der Waals surface area contributed by atoms with Crippen LogP contribution in [0.4, 0.5) is 34.9 Å². The molecule has 47 heavy (non-hydrogen) atoms. The van der Waals surface area contributed by atoms with Crippen LogP contribution in [0.3, 0.4) is 0 Å². The summed E-state index contributed by atoms with van der Waals surface area (Å²) in [6, 6.07) is 17.3. The second kappa shape index (κ2) is 11.9. The summed E-state index contributed by atoms with van der Waals surface area (Å²) in [4.78, 5) is 47.7. The number of aromatic nitrogens is 7. The Hall–Kier alpha value is -5.77. The first kappa shape index (κ1) is 29.9. The van der Waals surface area contributed by atoms with Crippen molar-refractivity contribution in [1.29, 1.82) is 0 Å². The number of nitrogens with zero attached hydrogens (tertiary/aromatic N) is 3. The molecule has 0 aliphatic carbocycles. The summed E-state index contributed by atoms with van der Waals surface area (Å²) in [6.45, 7) is 0. The summed E-state index contributed by atoms with van der Waals surface area (Å²) in [5.41, 5.74) is 3.08. The minimum absolute atomic E-state index is 0.0398. The molecule has 0 fully saturated rings. The van der Waals surface area contributed by atoms with E-state index in [1.807, 2.05) is 0 Å². The van der Waals surface area contributed by atoms with E-state index in [9.17, 15) is 22.6 Å². The van der Waals surface area contributed by atoms with Crippen LogP contribution >= 0.6 is 12.0 Å². The lowest BCUT2D eigenvalue weighted by molar-refractivity contribution is -0.432. The molecule has 0 spiro atoms. The van der Waals surface area contributed by atoms with Crippen LogP contribution in [0.25, 0.3) is 32.8 Å². The first-order valence-electron chi connectivity index (χ1n) is 13.3. The lowest BCUT2D eigenvalue weighted by Gasteiger charge is -2.15. The van der Waals surface area contributed by atoms with Crippen LogP contribution in [0.2, 0.25) is 0 Å². The van der Waals surface area contributed by atoms with Gasteiger partial charge in [-0.1, -0.05) is 17.2 Å². The summed E-state index contributed by atoms with van der Waals surface area (Å²) in [5, 5.41) is 22.8. The predicted octanol–water partition coefficient (Wildman–Crippen LogP) is 4.27. The molecule has 0 aliphatic rings. The zero-order valence-electron chi connectivity index (χ0n) is 23.4. The van der Waals surface area contributed by atoms with E-state index in [4.69, 9.17) is 9.59 Å². The van der Waals surface area contributed by atoms with Crippen molar-refractivity contribution in [3.8, 4) is 0 Å². The minimum atomic E-state index is -4.46. The Morgan fingerprint density at radius 2 is 1.23 bits per heavy atom. The minimum Gasteiger partial charge on any atom is -0.324 e. The zero-order valence-corrected chi connectivity index (χ0v) is 25.0. The summed E-state index contributed by atoms with van der Waals surface area (Å²) in [5.74, 6) is 0.236. The molecule has 7 aromatic rings. The van der Waals surface area contributed by atoms with Crippen LogP contribution in [0, 0.1) is 0 Å². The maximum Gasteiger partial charge on any atom is 0.323 e. The molecule has 0 saturated carbocycles. The smallest absolute Gasteiger partial charge is 0.323 e. The van der Waals surface area contributed by atoms with Crippen molar-refractivity contribution < 1.29 is 27.6 Å². The van der Waals surface area contributed by atoms with Gasteiger partial charge in [0.1, 0.15) is 0 Å². The molecule has 0 aliphatic heterocycles. The summed E-state index contributed by atoms with van der Waals surface area (Å²) in [7, 11) is -4.46. The molecule has 0 saturated heterocycles. The van der Waals surface area contributed by atoms with Crippen LogP contribution in [0.15, 0.2) is 86.1 Å². The van der Waals surface area contributed by atoms with E-state index in [1.54, 1.807) is 48.5 Å². The number of hydrogen-bond donors (Lipinski definition) is 9. The highest BCUT2D eigenvalue weighted by molar-refractivity contribution is 7.95. The van der Waals surface area contributed by atoms with Crippen molar-refractivity contribution in [2.75, 3.05) is 16.0 Å². The van der Waals surface area contributed by atoms with E-state index in [1.165, 1.54) is 18.2 Å². The van der Waals surface area contributed by atoms with E-state index >= 15 is 0 Å². The third kappa shape index (κ3) is 6.35. The Balaban J connectivity index is 1.29. The largest absolute Gasteiger partial charge is 0.324 e. The third-order valence-electron chi connectivity index (χ3n) is 6.81. The molecule has 3 heterocycles. The van der Waals surface area contributed by atoms with Gasteiger partial charge >= 0.3 is 11.4 Å². The Morgan fingerprint density at radius 1 is 0.681 bits per heavy atom. The Bertz CT molecular complexity index is 2440. The lowest BCUT2D eigenvalue weighted by atomic mass is 10.1. The maximum absolute atomic E-state index is 11.7. The second-order valence-corrected chi connectivity index (χ2v) is 12.0. The first-order valence-corrected chi connectivity index (χ1v) is 15.5. The van der Waals surface area contributed by atoms with Gasteiger partial charge in [0.15, 0.2) is 0 Å². The number of fused-ring (bicyclic) bond motifs is 3. The standard InChI is InChI=1S/C27H20N10O8S2/c38-26-31-17-7-2-13(10-20(17)33-26)28-23-35-24(29-14-3-8-18-21(11-14)34-27(39)32-18)37-25(36-23)30-19-6-1-12-9-15(47(41,42)43)4-5-16(12)22(19)46-45-44-40/h1-11,40H,(H2,31,33,38)(H2,32,34,39)(H,41,42,43)(H3,28,29,30,35,36,37). The van der Waals surface area contributed by atoms with Crippen LogP contribution < -0.4 is 27.3 Å². The van der Waals surface area contributed by atoms with Crippen LogP contribution in [-0.4, -0.2) is 53.1 Å². The fourth-order valence-corrected chi connectivity index (χ4v) is 5.92. The van der Waals surface area contributed by atoms with Gasteiger partial charge in [0, 0.05) is 11.4 Å². The average Bonchev–Trinajstić information content (AvgIpc) is 3.59. The molecule has 18 nitrogen and oxygen atoms in total. The molecule has 0 radical (unpaired) electrons. The molecule has 238 valence electrons. The average molecular weight is 677 g/mol. The summed E-state index contributed by atoms with van der Waals surface area (Å²) >= 11 is 0.616. The molecule has 7 rings (SSSR count). The molecule has 0 atom stereocenters. The van der Waals surface area contributed by atoms with Crippen LogP contribution in [-0.2, 0) is 19.5 Å². The van der Waals surface area contributed by atoms with Crippen molar-refractivity contribution in [2.24, 2.45) is 0 Å². The molecule has 0 unspecified atom stereocenters. The van der Waals surface area contributed by atoms with Gasteiger partial charge in [-0.15, -0.1) is 4.33 Å². The van der Waals surface area contributed by atoms with Crippen molar-refractivity contribution in [2.45, 2.75) is 9.79 Å². The monoisotopic (exact) mass is 676 g/mol. The van der Waals surface area contributed by atoms with Gasteiger partial charge in [-0.05, 0) is 65.4 Å². The lowest BCUT2D eigenvalue weighted by Crippen LogP contribution is -2.08. The second-order valence-electron chi connectivity index (χ2n) is 9.89. The molecule has 0 bridgehead atoms. The molecule has 3 aromatic heterocycles. The molecular formula is C27H20N10O8S2. The van der Waals surface area contributed by atoms with E-state index in [0.717, 1.165) is 0 Å². The van der Waals surface area contributed by atoms with E-state index < -0.39 is 10.1 Å². The summed E-state index contributed by atoms with van der Waals surface area (Å²) in [6.07, 6.45) is 0. The van der Waals surface area contributed by atoms with Gasteiger partial charge in [-0.25, -0.2) is 14.8 Å². The Morgan fingerprint density at radius 3 is 1.79 bits per heavy atom. The molecular weight excluding hydrogens is 656 g/mol. The number of rotatable bonds is 10. The highest BCUT2D eigenvalue weighted by atomic mass is 32.2. The number of H-pyrrole nitrogens is 4. The summed E-state index contributed by atoms with van der Waals surface area (Å²) < 4.78 is 37.6. The van der Waals surface area contributed by atoms with E-state index in [-0.39, 0.29) is 34.1 Å². The van der Waals surface area contributed by atoms with Crippen molar-refractivity contribution >= 4 is 89.9 Å². The van der Waals surface area contributed by atoms with Gasteiger partial charge in [0.05, 0.1) is 49.6 Å². The topological polar surface area (TPSA) is 265 Å². The number of nitrogens with one attached hydrogen (secondary N) is 7. The SMILES string of the molecule is O=c1[nH]c2ccc(Nc3nc(Nc4ccc5[nH]c(=O)[nH]c5c4)nc(Nc4ccc5cc(S(=O)(=O)O)ccc5c4SOOO)n3)cc2[nH]1. The molecule has 0 amide bonds. The molecule has 9 N–H and O–H groups in total. The maximum atomic E-state index is 11.7. The van der Waals surface area contributed by atoms with Crippen molar-refractivity contribution in [3.63, 3.8) is 0 Å². The van der Waals surface area contributed by atoms with Gasteiger partial charge in [-0.2, -0.15) is 23.4 Å². The van der Waals surface area contributed by atoms with Gasteiger partial charge in [-0.3, -0.25) is 4.55 Å². The quantitative estimate of drug-likeness (QED) is 0.0424. The van der Waals surface area contributed by atoms with Crippen molar-refractivity contribution in [1.82, 2.24) is 34.9 Å². The first-order chi connectivity index (χ1) is 22.6. The normalized spacial score (nSPS) is 11.8. The van der Waals surface area contributed by atoms with Gasteiger partial charge < -0.3 is 35.9 Å². The van der Waals surface area contributed by atoms with Crippen molar-refractivity contribution in [3.05, 3.63) is 87.7 Å². The fraction of sp³-hybridized carbons (Fsp3) is 0. The van der Waals surface area contributed by atoms with Crippen LogP contribution in [0.1, 0.15) is 0 Å². The Kier molecular flexibility index (Phi) is 7.55. The number of benzene rings is 4. The molecule has 20 heteroatoms. The highest BCUT2D eigenvalue weighted by Gasteiger charge is 2.17. The Labute approximate surface area is 265 Å². The molecule has 4 aromatic carbocycles. The fourth-order valence-electron chi connectivity index (χ4n) is 4.82. The number of aromatic amines is 4. The zero-order chi connectivity index (χ0) is 32.7. The highest BCUT2D eigenvalue weighted by Crippen LogP contribution is 2.38. The van der Waals surface area contributed by atoms with Gasteiger partial charge in [0.2, 0.25) is 17.8 Å². The predicted molar refractivity (Wildman–Crippen MR) is 172 cm³/mol.